The molecule has 0 aliphatic heterocycles. The predicted octanol–water partition coefficient (Wildman–Crippen LogP) is -0.569. The van der Waals surface area contributed by atoms with Gasteiger partial charge in [-0.2, -0.15) is 0 Å². The van der Waals surface area contributed by atoms with Crippen molar-refractivity contribution in [3.05, 3.63) is 23.8 Å². The lowest BCUT2D eigenvalue weighted by atomic mass is 10.1. The molecule has 1 rings (SSSR count). The van der Waals surface area contributed by atoms with Crippen molar-refractivity contribution in [2.75, 3.05) is 10.6 Å². The van der Waals surface area contributed by atoms with E-state index in [1.807, 2.05) is 10.6 Å². The minimum atomic E-state index is -1.80. The van der Waals surface area contributed by atoms with Gasteiger partial charge in [-0.15, -0.1) is 0 Å². The average Bonchev–Trinajstić information content (AvgIpc) is 2.37. The number of hydrogen-bond acceptors (Lipinski definition) is 5. The van der Waals surface area contributed by atoms with Gasteiger partial charge in [0.05, 0.1) is 5.56 Å². The molecule has 0 bridgehead atoms. The van der Waals surface area contributed by atoms with Crippen molar-refractivity contribution in [3.8, 4) is 0 Å². The molecule has 0 heterocycles. The highest BCUT2D eigenvalue weighted by Crippen LogP contribution is 2.19. The molecule has 0 aliphatic rings. The van der Waals surface area contributed by atoms with Crippen LogP contribution in [0, 0.1) is 0 Å². The van der Waals surface area contributed by atoms with Crippen LogP contribution < -0.4 is 10.6 Å². The lowest BCUT2D eigenvalue weighted by Gasteiger charge is -2.08. The van der Waals surface area contributed by atoms with Crippen molar-refractivity contribution in [3.63, 3.8) is 0 Å². The summed E-state index contributed by atoms with van der Waals surface area (Å²) < 4.78 is 0. The van der Waals surface area contributed by atoms with Gasteiger partial charge in [-0.25, -0.2) is 14.4 Å². The van der Waals surface area contributed by atoms with Crippen molar-refractivity contribution in [1.29, 1.82) is 0 Å². The number of rotatable bonds is 3. The van der Waals surface area contributed by atoms with Gasteiger partial charge in [-0.05, 0) is 18.2 Å². The van der Waals surface area contributed by atoms with E-state index in [4.69, 9.17) is 15.3 Å². The second-order valence-electron chi connectivity index (χ2n) is 3.62. The number of anilines is 2. The van der Waals surface area contributed by atoms with Crippen LogP contribution in [0.4, 0.5) is 11.4 Å². The minimum Gasteiger partial charge on any atom is -0.478 e. The fraction of sp³-hybridized carbons (Fsp3) is 0. The summed E-state index contributed by atoms with van der Waals surface area (Å²) in [7, 11) is 0. The van der Waals surface area contributed by atoms with E-state index >= 15 is 0 Å². The van der Waals surface area contributed by atoms with Crippen molar-refractivity contribution >= 4 is 41.1 Å². The van der Waals surface area contributed by atoms with Gasteiger partial charge in [0.15, 0.2) is 0 Å². The van der Waals surface area contributed by atoms with Crippen LogP contribution >= 0.6 is 0 Å². The van der Waals surface area contributed by atoms with E-state index in [1.165, 1.54) is 0 Å². The molecule has 0 radical (unpaired) electrons. The van der Waals surface area contributed by atoms with Crippen LogP contribution in [0.2, 0.25) is 0 Å². The van der Waals surface area contributed by atoms with Crippen molar-refractivity contribution in [1.82, 2.24) is 0 Å². The molecular weight excluding hydrogens is 288 g/mol. The van der Waals surface area contributed by atoms with E-state index in [9.17, 15) is 24.0 Å². The summed E-state index contributed by atoms with van der Waals surface area (Å²) in [5, 5.41) is 29.5. The normalized spacial score (nSPS) is 9.52. The third-order valence-corrected chi connectivity index (χ3v) is 2.08. The maximum atomic E-state index is 11.0. The lowest BCUT2D eigenvalue weighted by molar-refractivity contribution is -0.147. The average molecular weight is 296 g/mol. The smallest absolute Gasteiger partial charge is 0.394 e. The highest BCUT2D eigenvalue weighted by atomic mass is 16.4. The Morgan fingerprint density at radius 2 is 1.10 bits per heavy atom. The van der Waals surface area contributed by atoms with E-state index in [2.05, 4.69) is 0 Å². The number of aliphatic carboxylic acids is 2. The van der Waals surface area contributed by atoms with E-state index in [0.717, 1.165) is 18.2 Å². The van der Waals surface area contributed by atoms with Crippen LogP contribution in [0.1, 0.15) is 10.4 Å². The molecular formula is C11H8N2O8. The van der Waals surface area contributed by atoms with E-state index in [-0.39, 0.29) is 16.9 Å². The summed E-state index contributed by atoms with van der Waals surface area (Å²) in [5.74, 6) is -7.87. The highest BCUT2D eigenvalue weighted by Gasteiger charge is 2.16. The first-order chi connectivity index (χ1) is 9.70. The Morgan fingerprint density at radius 3 is 1.38 bits per heavy atom. The Labute approximate surface area is 116 Å². The van der Waals surface area contributed by atoms with Gasteiger partial charge in [0.2, 0.25) is 0 Å². The second kappa shape index (κ2) is 6.14. The van der Waals surface area contributed by atoms with E-state index in [0.29, 0.717) is 0 Å². The fourth-order valence-corrected chi connectivity index (χ4v) is 1.26. The van der Waals surface area contributed by atoms with Crippen LogP contribution in [-0.4, -0.2) is 45.0 Å². The molecule has 5 N–H and O–H groups in total. The molecule has 1 aromatic rings. The number of carboxylic acid groups (broad SMARTS) is 3. The summed E-state index contributed by atoms with van der Waals surface area (Å²) in [6, 6.07) is 2.90. The van der Waals surface area contributed by atoms with Gasteiger partial charge < -0.3 is 26.0 Å². The standard InChI is InChI=1S/C11H8N2O8/c14-7(10(18)19)12-5-1-4(9(16)17)2-6(3-5)13-8(15)11(20)21/h1-3H,(H,12,14)(H,13,15)(H,16,17)(H,18,19)(H,20,21). The molecule has 0 unspecified atom stereocenters. The number of aromatic carboxylic acids is 1. The van der Waals surface area contributed by atoms with Crippen molar-refractivity contribution in [2.45, 2.75) is 0 Å². The third kappa shape index (κ3) is 4.31. The molecule has 0 atom stereocenters. The summed E-state index contributed by atoms with van der Waals surface area (Å²) >= 11 is 0. The van der Waals surface area contributed by atoms with Crippen molar-refractivity contribution < 1.29 is 39.3 Å². The van der Waals surface area contributed by atoms with Gasteiger partial charge in [-0.1, -0.05) is 0 Å². The Morgan fingerprint density at radius 1 is 0.714 bits per heavy atom. The zero-order valence-corrected chi connectivity index (χ0v) is 10.1. The number of benzene rings is 1. The Kier molecular flexibility index (Phi) is 4.57. The largest absolute Gasteiger partial charge is 0.478 e. The summed E-state index contributed by atoms with van der Waals surface area (Å²) in [5.41, 5.74) is -0.857. The Bertz CT molecular complexity index is 605. The highest BCUT2D eigenvalue weighted by molar-refractivity contribution is 6.37. The van der Waals surface area contributed by atoms with E-state index in [1.54, 1.807) is 0 Å². The maximum Gasteiger partial charge on any atom is 0.394 e. The number of carbonyl (C=O) groups excluding carboxylic acids is 2. The summed E-state index contributed by atoms with van der Waals surface area (Å²) in [6.45, 7) is 0. The van der Waals surface area contributed by atoms with Crippen LogP contribution in [0.3, 0.4) is 0 Å². The number of carboxylic acids is 3. The molecule has 21 heavy (non-hydrogen) atoms. The molecule has 0 aromatic heterocycles. The molecule has 2 amide bonds. The molecule has 0 saturated carbocycles. The molecule has 110 valence electrons. The number of hydrogen-bond donors (Lipinski definition) is 5. The van der Waals surface area contributed by atoms with Gasteiger partial charge in [-0.3, -0.25) is 9.59 Å². The SMILES string of the molecule is O=C(O)C(=O)Nc1cc(NC(=O)C(=O)O)cc(C(=O)O)c1. The second-order valence-corrected chi connectivity index (χ2v) is 3.62. The van der Waals surface area contributed by atoms with Gasteiger partial charge in [0.25, 0.3) is 0 Å². The monoisotopic (exact) mass is 296 g/mol. The van der Waals surface area contributed by atoms with Crippen molar-refractivity contribution in [2.24, 2.45) is 0 Å². The van der Waals surface area contributed by atoms with Crippen LogP contribution in [0.15, 0.2) is 18.2 Å². The molecule has 0 spiro atoms. The third-order valence-electron chi connectivity index (χ3n) is 2.08. The molecule has 0 aliphatic carbocycles. The Balaban J connectivity index is 3.14. The first-order valence-electron chi connectivity index (χ1n) is 5.17. The number of carbonyl (C=O) groups is 5. The van der Waals surface area contributed by atoms with E-state index < -0.39 is 29.7 Å². The quantitative estimate of drug-likeness (QED) is 0.461. The molecule has 0 fully saturated rings. The first kappa shape index (κ1) is 15.6. The van der Waals surface area contributed by atoms with Gasteiger partial charge >= 0.3 is 29.7 Å². The van der Waals surface area contributed by atoms with Crippen LogP contribution in [0.5, 0.6) is 0 Å². The van der Waals surface area contributed by atoms with Gasteiger partial charge in [0.1, 0.15) is 0 Å². The predicted molar refractivity (Wildman–Crippen MR) is 65.9 cm³/mol. The number of nitrogens with one attached hydrogen (secondary N) is 2. The molecule has 1 aromatic carbocycles. The molecule has 10 nitrogen and oxygen atoms in total. The zero-order chi connectivity index (χ0) is 16.2. The van der Waals surface area contributed by atoms with Crippen LogP contribution in [0.25, 0.3) is 0 Å². The molecule has 10 heteroatoms. The summed E-state index contributed by atoms with van der Waals surface area (Å²) in [6.07, 6.45) is 0. The first-order valence-corrected chi connectivity index (χ1v) is 5.17. The lowest BCUT2D eigenvalue weighted by Crippen LogP contribution is -2.23. The van der Waals surface area contributed by atoms with Gasteiger partial charge in [0, 0.05) is 11.4 Å². The maximum absolute atomic E-state index is 11.0. The van der Waals surface area contributed by atoms with Crippen LogP contribution in [-0.2, 0) is 19.2 Å². The Hall–Kier alpha value is -3.43. The zero-order valence-electron chi connectivity index (χ0n) is 10.1. The topological polar surface area (TPSA) is 170 Å². The summed E-state index contributed by atoms with van der Waals surface area (Å²) in [4.78, 5) is 53.7. The molecule has 0 saturated heterocycles. The fourth-order valence-electron chi connectivity index (χ4n) is 1.26. The minimum absolute atomic E-state index is 0.233. The number of amides is 2.